The SMILES string of the molecule is CCCCOc1ccc(/C=C/C(=O)OCCCCCCOC(=O)C(C)(CC(C)C)C(C)(C)C)cc1OC. The van der Waals surface area contributed by atoms with Crippen LogP contribution >= 0.6 is 0 Å². The highest BCUT2D eigenvalue weighted by Crippen LogP contribution is 2.44. The van der Waals surface area contributed by atoms with Crippen LogP contribution in [0.2, 0.25) is 0 Å². The van der Waals surface area contributed by atoms with Gasteiger partial charge in [0.1, 0.15) is 0 Å². The van der Waals surface area contributed by atoms with E-state index in [0.29, 0.717) is 37.2 Å². The maximum atomic E-state index is 12.8. The van der Waals surface area contributed by atoms with Crippen molar-refractivity contribution in [3.05, 3.63) is 29.8 Å². The highest BCUT2D eigenvalue weighted by molar-refractivity contribution is 5.87. The van der Waals surface area contributed by atoms with E-state index in [0.717, 1.165) is 50.5 Å². The lowest BCUT2D eigenvalue weighted by molar-refractivity contribution is -0.163. The fourth-order valence-corrected chi connectivity index (χ4v) is 4.01. The third-order valence-electron chi connectivity index (χ3n) is 6.79. The molecular weight excluding hydrogens is 468 g/mol. The number of benzene rings is 1. The summed E-state index contributed by atoms with van der Waals surface area (Å²) in [4.78, 5) is 24.9. The van der Waals surface area contributed by atoms with Gasteiger partial charge in [0.15, 0.2) is 11.5 Å². The van der Waals surface area contributed by atoms with Crippen LogP contribution in [0, 0.1) is 16.7 Å². The van der Waals surface area contributed by atoms with E-state index in [4.69, 9.17) is 18.9 Å². The standard InChI is InChI=1S/C31H50O6/c1-9-10-19-35-26-17-15-25(22-27(26)34-8)16-18-28(32)36-20-13-11-12-14-21-37-29(33)31(7,23-24(2)3)30(4,5)6/h15-18,22,24H,9-14,19-21,23H2,1-8H3/b18-16+. The molecule has 1 aromatic rings. The van der Waals surface area contributed by atoms with E-state index in [9.17, 15) is 9.59 Å². The highest BCUT2D eigenvalue weighted by atomic mass is 16.5. The number of unbranched alkanes of at least 4 members (excludes halogenated alkanes) is 4. The van der Waals surface area contributed by atoms with Crippen LogP contribution in [0.3, 0.4) is 0 Å². The summed E-state index contributed by atoms with van der Waals surface area (Å²) in [6.07, 6.45) is 9.41. The molecule has 37 heavy (non-hydrogen) atoms. The minimum Gasteiger partial charge on any atom is -0.493 e. The maximum absolute atomic E-state index is 12.8. The first-order valence-corrected chi connectivity index (χ1v) is 13.8. The molecule has 6 heteroatoms. The average Bonchev–Trinajstić information content (AvgIpc) is 2.83. The second kappa shape index (κ2) is 16.4. The molecule has 1 rings (SSSR count). The van der Waals surface area contributed by atoms with Gasteiger partial charge < -0.3 is 18.9 Å². The van der Waals surface area contributed by atoms with E-state index < -0.39 is 5.41 Å². The minimum absolute atomic E-state index is 0.106. The van der Waals surface area contributed by atoms with Crippen molar-refractivity contribution in [3.8, 4) is 11.5 Å². The van der Waals surface area contributed by atoms with E-state index in [1.807, 2.05) is 25.1 Å². The lowest BCUT2D eigenvalue weighted by Crippen LogP contribution is -2.42. The number of hydrogen-bond donors (Lipinski definition) is 0. The molecule has 1 aromatic carbocycles. The van der Waals surface area contributed by atoms with Crippen molar-refractivity contribution < 1.29 is 28.5 Å². The number of carbonyl (C=O) groups excluding carboxylic acids is 2. The number of methoxy groups -OCH3 is 1. The summed E-state index contributed by atoms with van der Waals surface area (Å²) in [7, 11) is 1.60. The van der Waals surface area contributed by atoms with Gasteiger partial charge in [0, 0.05) is 6.08 Å². The second-order valence-corrected chi connectivity index (χ2v) is 11.3. The first-order chi connectivity index (χ1) is 17.4. The van der Waals surface area contributed by atoms with Crippen molar-refractivity contribution in [2.24, 2.45) is 16.7 Å². The van der Waals surface area contributed by atoms with Gasteiger partial charge in [0.05, 0.1) is 32.3 Å². The average molecular weight is 519 g/mol. The number of carbonyl (C=O) groups is 2. The lowest BCUT2D eigenvalue weighted by atomic mass is 9.64. The molecule has 0 spiro atoms. The monoisotopic (exact) mass is 518 g/mol. The number of ether oxygens (including phenoxy) is 4. The molecule has 0 aliphatic heterocycles. The summed E-state index contributed by atoms with van der Waals surface area (Å²) in [6.45, 7) is 16.2. The Hall–Kier alpha value is -2.50. The van der Waals surface area contributed by atoms with Crippen molar-refractivity contribution >= 4 is 18.0 Å². The van der Waals surface area contributed by atoms with Crippen molar-refractivity contribution in [1.82, 2.24) is 0 Å². The molecule has 6 nitrogen and oxygen atoms in total. The van der Waals surface area contributed by atoms with Crippen LogP contribution in [0.25, 0.3) is 6.08 Å². The Kier molecular flexibility index (Phi) is 14.4. The molecule has 0 aliphatic carbocycles. The van der Waals surface area contributed by atoms with Gasteiger partial charge in [-0.2, -0.15) is 0 Å². The Bertz CT molecular complexity index is 852. The quantitative estimate of drug-likeness (QED) is 0.120. The summed E-state index contributed by atoms with van der Waals surface area (Å²) in [6, 6.07) is 5.57. The normalized spacial score (nSPS) is 13.4. The summed E-state index contributed by atoms with van der Waals surface area (Å²) >= 11 is 0. The molecule has 0 N–H and O–H groups in total. The number of rotatable bonds is 17. The summed E-state index contributed by atoms with van der Waals surface area (Å²) < 4.78 is 22.1. The summed E-state index contributed by atoms with van der Waals surface area (Å²) in [5.74, 6) is 1.28. The molecule has 1 atom stereocenters. The third-order valence-corrected chi connectivity index (χ3v) is 6.79. The van der Waals surface area contributed by atoms with Crippen molar-refractivity contribution in [2.75, 3.05) is 26.9 Å². The van der Waals surface area contributed by atoms with E-state index >= 15 is 0 Å². The third kappa shape index (κ3) is 11.6. The Morgan fingerprint density at radius 2 is 1.54 bits per heavy atom. The molecular formula is C31H50O6. The van der Waals surface area contributed by atoms with E-state index in [1.54, 1.807) is 13.2 Å². The zero-order chi connectivity index (χ0) is 27.9. The van der Waals surface area contributed by atoms with Crippen LogP contribution in [0.1, 0.15) is 99.0 Å². The Balaban J connectivity index is 2.31. The van der Waals surface area contributed by atoms with E-state index in [2.05, 4.69) is 41.5 Å². The van der Waals surface area contributed by atoms with Crippen LogP contribution < -0.4 is 9.47 Å². The Morgan fingerprint density at radius 3 is 2.11 bits per heavy atom. The van der Waals surface area contributed by atoms with Gasteiger partial charge in [0.2, 0.25) is 0 Å². The lowest BCUT2D eigenvalue weighted by Gasteiger charge is -2.40. The van der Waals surface area contributed by atoms with Gasteiger partial charge in [-0.1, -0.05) is 54.0 Å². The molecule has 0 bridgehead atoms. The van der Waals surface area contributed by atoms with Crippen LogP contribution in [0.15, 0.2) is 24.3 Å². The van der Waals surface area contributed by atoms with Gasteiger partial charge in [-0.25, -0.2) is 4.79 Å². The zero-order valence-corrected chi connectivity index (χ0v) is 24.5. The van der Waals surface area contributed by atoms with E-state index in [1.165, 1.54) is 6.08 Å². The number of hydrogen-bond acceptors (Lipinski definition) is 6. The van der Waals surface area contributed by atoms with Crippen LogP contribution in [0.4, 0.5) is 0 Å². The largest absolute Gasteiger partial charge is 0.493 e. The van der Waals surface area contributed by atoms with Gasteiger partial charge in [-0.3, -0.25) is 4.79 Å². The summed E-state index contributed by atoms with van der Waals surface area (Å²) in [5.41, 5.74) is 0.172. The minimum atomic E-state index is -0.502. The zero-order valence-electron chi connectivity index (χ0n) is 24.5. The van der Waals surface area contributed by atoms with Gasteiger partial charge in [-0.15, -0.1) is 0 Å². The van der Waals surface area contributed by atoms with Gasteiger partial charge >= 0.3 is 11.9 Å². The molecule has 0 amide bonds. The first kappa shape index (κ1) is 32.5. The molecule has 0 saturated carbocycles. The Labute approximate surface area is 225 Å². The molecule has 0 heterocycles. The fraction of sp³-hybridized carbons (Fsp3) is 0.677. The predicted molar refractivity (Wildman–Crippen MR) is 150 cm³/mol. The molecule has 0 aliphatic rings. The van der Waals surface area contributed by atoms with Crippen LogP contribution in [-0.4, -0.2) is 38.9 Å². The van der Waals surface area contributed by atoms with Crippen molar-refractivity contribution in [2.45, 2.75) is 93.4 Å². The molecule has 0 radical (unpaired) electrons. The topological polar surface area (TPSA) is 71.1 Å². The maximum Gasteiger partial charge on any atom is 0.330 e. The highest BCUT2D eigenvalue weighted by Gasteiger charge is 2.45. The molecule has 0 saturated heterocycles. The molecule has 210 valence electrons. The number of esters is 2. The van der Waals surface area contributed by atoms with Crippen LogP contribution in [0.5, 0.6) is 11.5 Å². The molecule has 0 aromatic heterocycles. The van der Waals surface area contributed by atoms with Crippen LogP contribution in [-0.2, 0) is 19.1 Å². The predicted octanol–water partition coefficient (Wildman–Crippen LogP) is 7.63. The van der Waals surface area contributed by atoms with Crippen molar-refractivity contribution in [1.29, 1.82) is 0 Å². The Morgan fingerprint density at radius 1 is 0.892 bits per heavy atom. The second-order valence-electron chi connectivity index (χ2n) is 11.3. The fourth-order valence-electron chi connectivity index (χ4n) is 4.01. The first-order valence-electron chi connectivity index (χ1n) is 13.8. The molecule has 1 unspecified atom stereocenters. The van der Waals surface area contributed by atoms with E-state index in [-0.39, 0.29) is 17.4 Å². The van der Waals surface area contributed by atoms with Crippen molar-refractivity contribution in [3.63, 3.8) is 0 Å². The van der Waals surface area contributed by atoms with Gasteiger partial charge in [0.25, 0.3) is 0 Å². The smallest absolute Gasteiger partial charge is 0.330 e. The van der Waals surface area contributed by atoms with Gasteiger partial charge in [-0.05, 0) is 80.6 Å². The molecule has 0 fully saturated rings. The summed E-state index contributed by atoms with van der Waals surface area (Å²) in [5, 5.41) is 0.